The van der Waals surface area contributed by atoms with Gasteiger partial charge in [-0.15, -0.1) is 0 Å². The molecule has 0 nitrogen and oxygen atoms in total. The van der Waals surface area contributed by atoms with Gasteiger partial charge in [-0.3, -0.25) is 0 Å². The zero-order chi connectivity index (χ0) is 13.2. The maximum absolute atomic E-state index is 3.70. The summed E-state index contributed by atoms with van der Waals surface area (Å²) in [5.41, 5.74) is 4.22. The fourth-order valence-electron chi connectivity index (χ4n) is 2.04. The van der Waals surface area contributed by atoms with Gasteiger partial charge in [0.25, 0.3) is 0 Å². The molecule has 0 saturated heterocycles. The largest absolute Gasteiger partial charge is 0.0991 e. The van der Waals surface area contributed by atoms with E-state index in [0.717, 1.165) is 19.3 Å². The third kappa shape index (κ3) is 5.67. The van der Waals surface area contributed by atoms with E-state index in [9.17, 15) is 0 Å². The molecule has 0 unspecified atom stereocenters. The van der Waals surface area contributed by atoms with E-state index in [0.29, 0.717) is 0 Å². The molecule has 0 bridgehead atoms. The molecular formula is C18H24. The quantitative estimate of drug-likeness (QED) is 0.524. The molecule has 1 rings (SSSR count). The molecule has 0 spiro atoms. The molecule has 0 aromatic heterocycles. The van der Waals surface area contributed by atoms with E-state index in [4.69, 9.17) is 0 Å². The third-order valence-corrected chi connectivity index (χ3v) is 3.07. The Kier molecular flexibility index (Phi) is 6.86. The van der Waals surface area contributed by atoms with Crippen molar-refractivity contribution in [1.82, 2.24) is 0 Å². The normalized spacial score (nSPS) is 16.4. The van der Waals surface area contributed by atoms with Gasteiger partial charge in [-0.1, -0.05) is 66.3 Å². The van der Waals surface area contributed by atoms with Gasteiger partial charge in [-0.25, -0.2) is 0 Å². The van der Waals surface area contributed by atoms with Gasteiger partial charge in [0.05, 0.1) is 0 Å². The average Bonchev–Trinajstić information content (AvgIpc) is 2.58. The Morgan fingerprint density at radius 3 is 3.00 bits per heavy atom. The molecule has 0 aromatic rings. The van der Waals surface area contributed by atoms with Crippen LogP contribution >= 0.6 is 0 Å². The molecule has 0 aliphatic heterocycles. The molecule has 18 heavy (non-hydrogen) atoms. The highest BCUT2D eigenvalue weighted by atomic mass is 14.0. The highest BCUT2D eigenvalue weighted by Gasteiger charge is 1.98. The van der Waals surface area contributed by atoms with Crippen molar-refractivity contribution in [1.29, 1.82) is 0 Å². The molecular weight excluding hydrogens is 216 g/mol. The summed E-state index contributed by atoms with van der Waals surface area (Å²) in [4.78, 5) is 0. The van der Waals surface area contributed by atoms with Gasteiger partial charge in [0, 0.05) is 0 Å². The number of hydrogen-bond acceptors (Lipinski definition) is 0. The lowest BCUT2D eigenvalue weighted by Crippen LogP contribution is -1.84. The standard InChI is InChI=1S/C18H24/c1-4-6-11-17(5-2)13-9-14-18-12-8-7-10-16(3)15-18/h4-6,8,10-12,15H,1,7,9,13-14H2,2-3H3/b11-6-,17-5+. The monoisotopic (exact) mass is 240 g/mol. The van der Waals surface area contributed by atoms with Crippen molar-refractivity contribution in [3.63, 3.8) is 0 Å². The summed E-state index contributed by atoms with van der Waals surface area (Å²) in [7, 11) is 0. The van der Waals surface area contributed by atoms with E-state index in [2.05, 4.69) is 56.9 Å². The SMILES string of the molecule is C=C/C=C\C(=C/C)CCCC1=CC(C)=CCC=C1. The van der Waals surface area contributed by atoms with Crippen LogP contribution in [-0.4, -0.2) is 0 Å². The Labute approximate surface area is 112 Å². The summed E-state index contributed by atoms with van der Waals surface area (Å²) < 4.78 is 0. The van der Waals surface area contributed by atoms with Crippen LogP contribution in [0.1, 0.15) is 39.5 Å². The lowest BCUT2D eigenvalue weighted by molar-refractivity contribution is 0.825. The van der Waals surface area contributed by atoms with Crippen LogP contribution in [0, 0.1) is 0 Å². The molecule has 1 aliphatic carbocycles. The first-order chi connectivity index (χ1) is 8.76. The van der Waals surface area contributed by atoms with E-state index in [1.165, 1.54) is 23.1 Å². The van der Waals surface area contributed by atoms with Crippen LogP contribution in [0.3, 0.4) is 0 Å². The molecule has 0 N–H and O–H groups in total. The van der Waals surface area contributed by atoms with E-state index in [1.54, 1.807) is 0 Å². The fourth-order valence-corrected chi connectivity index (χ4v) is 2.04. The molecule has 0 fully saturated rings. The Morgan fingerprint density at radius 1 is 1.44 bits per heavy atom. The smallest absolute Gasteiger partial charge is 0.0160 e. The summed E-state index contributed by atoms with van der Waals surface area (Å²) in [5.74, 6) is 0. The third-order valence-electron chi connectivity index (χ3n) is 3.07. The first kappa shape index (κ1) is 14.5. The molecule has 96 valence electrons. The fraction of sp³-hybridized carbons (Fsp3) is 0.333. The number of hydrogen-bond donors (Lipinski definition) is 0. The molecule has 0 heteroatoms. The van der Waals surface area contributed by atoms with Crippen molar-refractivity contribution < 1.29 is 0 Å². The maximum atomic E-state index is 3.70. The average molecular weight is 240 g/mol. The Hall–Kier alpha value is -1.56. The lowest BCUT2D eigenvalue weighted by Gasteiger charge is -2.03. The van der Waals surface area contributed by atoms with E-state index < -0.39 is 0 Å². The zero-order valence-corrected chi connectivity index (χ0v) is 11.7. The highest BCUT2D eigenvalue weighted by molar-refractivity contribution is 5.32. The lowest BCUT2D eigenvalue weighted by atomic mass is 10.0. The first-order valence-corrected chi connectivity index (χ1v) is 6.74. The van der Waals surface area contributed by atoms with Crippen LogP contribution in [0.15, 0.2) is 71.9 Å². The van der Waals surface area contributed by atoms with Gasteiger partial charge >= 0.3 is 0 Å². The molecule has 0 radical (unpaired) electrons. The van der Waals surface area contributed by atoms with Crippen molar-refractivity contribution in [2.45, 2.75) is 39.5 Å². The van der Waals surface area contributed by atoms with Gasteiger partial charge in [0.2, 0.25) is 0 Å². The van der Waals surface area contributed by atoms with Crippen molar-refractivity contribution in [3.05, 3.63) is 71.9 Å². The summed E-state index contributed by atoms with van der Waals surface area (Å²) in [6.07, 6.45) is 21.8. The van der Waals surface area contributed by atoms with Gasteiger partial charge in [0.1, 0.15) is 0 Å². The Bertz CT molecular complexity index is 411. The van der Waals surface area contributed by atoms with Gasteiger partial charge < -0.3 is 0 Å². The highest BCUT2D eigenvalue weighted by Crippen LogP contribution is 2.18. The van der Waals surface area contributed by atoms with Crippen molar-refractivity contribution >= 4 is 0 Å². The second-order valence-corrected chi connectivity index (χ2v) is 4.62. The second-order valence-electron chi connectivity index (χ2n) is 4.62. The summed E-state index contributed by atoms with van der Waals surface area (Å²) in [5, 5.41) is 0. The zero-order valence-electron chi connectivity index (χ0n) is 11.7. The van der Waals surface area contributed by atoms with Gasteiger partial charge in [-0.05, 0) is 45.1 Å². The van der Waals surface area contributed by atoms with Crippen molar-refractivity contribution in [3.8, 4) is 0 Å². The maximum Gasteiger partial charge on any atom is -0.0160 e. The van der Waals surface area contributed by atoms with Gasteiger partial charge in [0.15, 0.2) is 0 Å². The molecule has 1 aliphatic rings. The summed E-state index contributed by atoms with van der Waals surface area (Å²) in [6, 6.07) is 0. The van der Waals surface area contributed by atoms with Crippen LogP contribution in [-0.2, 0) is 0 Å². The summed E-state index contributed by atoms with van der Waals surface area (Å²) >= 11 is 0. The van der Waals surface area contributed by atoms with Crippen molar-refractivity contribution in [2.24, 2.45) is 0 Å². The Balaban J connectivity index is 2.44. The van der Waals surface area contributed by atoms with Crippen LogP contribution in [0.25, 0.3) is 0 Å². The van der Waals surface area contributed by atoms with E-state index in [1.807, 2.05) is 12.2 Å². The van der Waals surface area contributed by atoms with Crippen molar-refractivity contribution in [2.75, 3.05) is 0 Å². The van der Waals surface area contributed by atoms with Crippen LogP contribution in [0.4, 0.5) is 0 Å². The molecule has 0 atom stereocenters. The molecule has 0 heterocycles. The molecule has 0 aromatic carbocycles. The minimum atomic E-state index is 1.06. The summed E-state index contributed by atoms with van der Waals surface area (Å²) in [6.45, 7) is 7.98. The van der Waals surface area contributed by atoms with E-state index >= 15 is 0 Å². The van der Waals surface area contributed by atoms with E-state index in [-0.39, 0.29) is 0 Å². The minimum absolute atomic E-state index is 1.06. The predicted octanol–water partition coefficient (Wildman–Crippen LogP) is 5.68. The number of rotatable bonds is 6. The first-order valence-electron chi connectivity index (χ1n) is 6.74. The van der Waals surface area contributed by atoms with Crippen LogP contribution in [0.5, 0.6) is 0 Å². The Morgan fingerprint density at radius 2 is 2.28 bits per heavy atom. The van der Waals surface area contributed by atoms with Crippen LogP contribution in [0.2, 0.25) is 0 Å². The van der Waals surface area contributed by atoms with Gasteiger partial charge in [-0.2, -0.15) is 0 Å². The topological polar surface area (TPSA) is 0 Å². The minimum Gasteiger partial charge on any atom is -0.0991 e. The second kappa shape index (κ2) is 8.52. The predicted molar refractivity (Wildman–Crippen MR) is 82.5 cm³/mol. The number of allylic oxidation sites excluding steroid dienone is 11. The molecule has 0 amide bonds. The van der Waals surface area contributed by atoms with Crippen LogP contribution < -0.4 is 0 Å². The molecule has 0 saturated carbocycles.